The van der Waals surface area contributed by atoms with E-state index < -0.39 is 78.4 Å². The number of allylic oxidation sites excluding steroid dienone is 4. The van der Waals surface area contributed by atoms with E-state index in [0.29, 0.717) is 0 Å². The summed E-state index contributed by atoms with van der Waals surface area (Å²) in [6.45, 7) is 0. The molecule has 0 unspecified atom stereocenters. The van der Waals surface area contributed by atoms with E-state index in [2.05, 4.69) is 0 Å². The number of carboxylic acid groups (broad SMARTS) is 1. The molecule has 39 heavy (non-hydrogen) atoms. The summed E-state index contributed by atoms with van der Waals surface area (Å²) in [7, 11) is -5.11. The average molecular weight is 798 g/mol. The third-order valence-electron chi connectivity index (χ3n) is 8.74. The first-order valence-corrected chi connectivity index (χ1v) is 16.5. The Morgan fingerprint density at radius 3 is 1.33 bits per heavy atom. The standard InChI is InChI=1S/C21H8Cl12O5S/c22-11-13(24)18(28)9-7(16(11,26)20(18,30)31)3-1-5(15(34)35)6(39(36,37)38)2-4(3)8-10(9)19(29)14(25)12(23)17(8,27)21(19,32)33/h1-2,7-10H,(H,34,35)(H,36,37,38)/t7-,8+,9-,10+,16+,17+,18+,19+/m0/s1. The van der Waals surface area contributed by atoms with Crippen LogP contribution in [0.3, 0.4) is 0 Å². The van der Waals surface area contributed by atoms with Gasteiger partial charge in [-0.05, 0) is 23.3 Å². The molecule has 0 spiro atoms. The van der Waals surface area contributed by atoms with Crippen molar-refractivity contribution in [2.45, 2.75) is 44.9 Å². The second-order valence-corrected chi connectivity index (χ2v) is 18.0. The average Bonchev–Trinajstić information content (AvgIpc) is 3.16. The molecule has 0 aliphatic heterocycles. The molecule has 2 N–H and O–H groups in total. The van der Waals surface area contributed by atoms with Crippen LogP contribution in [0.2, 0.25) is 0 Å². The highest BCUT2D eigenvalue weighted by atomic mass is 35.5. The maximum absolute atomic E-state index is 12.3. The molecule has 212 valence electrons. The fourth-order valence-electron chi connectivity index (χ4n) is 7.31. The number of halogens is 12. The minimum Gasteiger partial charge on any atom is -0.478 e. The number of alkyl halides is 8. The van der Waals surface area contributed by atoms with Gasteiger partial charge in [0.2, 0.25) is 0 Å². The molecule has 0 radical (unpaired) electrons. The third kappa shape index (κ3) is 2.87. The zero-order valence-electron chi connectivity index (χ0n) is 18.0. The zero-order valence-corrected chi connectivity index (χ0v) is 27.9. The summed E-state index contributed by atoms with van der Waals surface area (Å²) >= 11 is 82.7. The summed E-state index contributed by atoms with van der Waals surface area (Å²) in [4.78, 5) is 3.26. The Morgan fingerprint density at radius 2 is 1.00 bits per heavy atom. The fourth-order valence-corrected chi connectivity index (χ4v) is 14.1. The lowest BCUT2D eigenvalue weighted by Crippen LogP contribution is -2.53. The van der Waals surface area contributed by atoms with Crippen LogP contribution in [0.5, 0.6) is 0 Å². The van der Waals surface area contributed by atoms with Crippen molar-refractivity contribution >= 4 is 155 Å². The lowest BCUT2D eigenvalue weighted by molar-refractivity contribution is 0.0691. The van der Waals surface area contributed by atoms with Crippen LogP contribution in [0.1, 0.15) is 33.3 Å². The molecule has 4 bridgehead atoms. The van der Waals surface area contributed by atoms with Gasteiger partial charge in [0.1, 0.15) is 24.4 Å². The Bertz CT molecular complexity index is 1620. The summed E-state index contributed by atoms with van der Waals surface area (Å²) in [5, 5.41) is 9.02. The summed E-state index contributed by atoms with van der Waals surface area (Å²) in [5.74, 6) is -6.33. The number of fused-ring (bicyclic) bond motifs is 14. The minimum absolute atomic E-state index is 0.0296. The van der Waals surface area contributed by atoms with Gasteiger partial charge in [0.25, 0.3) is 10.1 Å². The molecule has 8 atom stereocenters. The normalized spacial score (nSPS) is 44.5. The SMILES string of the molecule is O=C(O)c1cc2c(cc1S(=O)(=O)O)[C@@H]1[C@H]([C@@H]3[C@H]2[C@@]2(Cl)C(Cl)=C(Cl)[C@@]3(Cl)C2(Cl)Cl)[C@@]2(Cl)C(Cl)=C(Cl)[C@@]1(Cl)C2(Cl)Cl. The van der Waals surface area contributed by atoms with Gasteiger partial charge in [0.05, 0.1) is 25.7 Å². The molecule has 2 saturated carbocycles. The highest BCUT2D eigenvalue weighted by Crippen LogP contribution is 2.88. The second-order valence-electron chi connectivity index (χ2n) is 10.0. The fraction of sp³-hybridized carbons (Fsp3) is 0.476. The molecule has 1 aromatic carbocycles. The van der Waals surface area contributed by atoms with E-state index in [-0.39, 0.29) is 31.3 Å². The lowest BCUT2D eigenvalue weighted by atomic mass is 9.57. The van der Waals surface area contributed by atoms with E-state index in [9.17, 15) is 22.9 Å². The predicted molar refractivity (Wildman–Crippen MR) is 156 cm³/mol. The molecule has 5 aliphatic rings. The van der Waals surface area contributed by atoms with Gasteiger partial charge in [-0.3, -0.25) is 4.55 Å². The van der Waals surface area contributed by atoms with E-state index in [4.69, 9.17) is 139 Å². The summed E-state index contributed by atoms with van der Waals surface area (Å²) in [6, 6.07) is 1.92. The molecule has 0 saturated heterocycles. The molecule has 5 aliphatic carbocycles. The van der Waals surface area contributed by atoms with E-state index in [0.717, 1.165) is 12.1 Å². The molecule has 6 rings (SSSR count). The lowest BCUT2D eigenvalue weighted by Gasteiger charge is -2.52. The number of hydrogen-bond acceptors (Lipinski definition) is 3. The molecule has 0 amide bonds. The van der Waals surface area contributed by atoms with Crippen LogP contribution in [0.15, 0.2) is 37.2 Å². The first-order valence-electron chi connectivity index (χ1n) is 10.6. The van der Waals surface area contributed by atoms with Gasteiger partial charge in [0, 0.05) is 23.7 Å². The van der Waals surface area contributed by atoms with Gasteiger partial charge < -0.3 is 5.11 Å². The maximum atomic E-state index is 12.3. The van der Waals surface area contributed by atoms with Gasteiger partial charge in [0.15, 0.2) is 8.67 Å². The Balaban J connectivity index is 1.84. The first-order chi connectivity index (χ1) is 17.5. The Hall–Kier alpha value is 1.56. The smallest absolute Gasteiger partial charge is 0.337 e. The molecular formula is C21H8Cl12O5S. The van der Waals surface area contributed by atoms with E-state index in [1.54, 1.807) is 0 Å². The number of rotatable bonds is 2. The molecule has 5 nitrogen and oxygen atoms in total. The Morgan fingerprint density at radius 1 is 0.667 bits per heavy atom. The van der Waals surface area contributed by atoms with Gasteiger partial charge in [-0.2, -0.15) is 8.42 Å². The topological polar surface area (TPSA) is 91.7 Å². The minimum atomic E-state index is -5.11. The first kappa shape index (κ1) is 30.6. The number of benzene rings is 1. The van der Waals surface area contributed by atoms with Crippen molar-refractivity contribution < 1.29 is 22.9 Å². The van der Waals surface area contributed by atoms with Gasteiger partial charge >= 0.3 is 5.97 Å². The highest BCUT2D eigenvalue weighted by Gasteiger charge is 2.91. The van der Waals surface area contributed by atoms with E-state index in [1.807, 2.05) is 0 Å². The highest BCUT2D eigenvalue weighted by molar-refractivity contribution is 7.86. The van der Waals surface area contributed by atoms with Crippen molar-refractivity contribution in [1.29, 1.82) is 0 Å². The monoisotopic (exact) mass is 792 g/mol. The number of carbonyl (C=O) groups is 1. The van der Waals surface area contributed by atoms with Gasteiger partial charge in [-0.25, -0.2) is 4.79 Å². The quantitative estimate of drug-likeness (QED) is 0.231. The van der Waals surface area contributed by atoms with Crippen LogP contribution in [0.25, 0.3) is 0 Å². The molecule has 1 aromatic rings. The zero-order chi connectivity index (χ0) is 29.4. The van der Waals surface area contributed by atoms with Crippen LogP contribution < -0.4 is 0 Å². The summed E-state index contributed by atoms with van der Waals surface area (Å²) in [5.41, 5.74) is -0.688. The van der Waals surface area contributed by atoms with Crippen molar-refractivity contribution in [3.05, 3.63) is 49.0 Å². The van der Waals surface area contributed by atoms with Crippen molar-refractivity contribution in [1.82, 2.24) is 0 Å². The molecule has 0 aromatic heterocycles. The van der Waals surface area contributed by atoms with Crippen molar-refractivity contribution in [2.75, 3.05) is 0 Å². The number of carboxylic acids is 1. The van der Waals surface area contributed by atoms with Crippen LogP contribution in [-0.4, -0.2) is 52.2 Å². The Labute approximate surface area is 281 Å². The van der Waals surface area contributed by atoms with E-state index >= 15 is 0 Å². The van der Waals surface area contributed by atoms with Crippen LogP contribution >= 0.6 is 139 Å². The molecule has 0 heterocycles. The third-order valence-corrected chi connectivity index (χ3v) is 18.2. The van der Waals surface area contributed by atoms with Crippen LogP contribution in [0, 0.1) is 11.8 Å². The largest absolute Gasteiger partial charge is 0.478 e. The number of hydrogen-bond donors (Lipinski definition) is 2. The van der Waals surface area contributed by atoms with Crippen molar-refractivity contribution in [3.8, 4) is 0 Å². The number of aromatic carboxylic acids is 1. The van der Waals surface area contributed by atoms with Crippen LogP contribution in [0.4, 0.5) is 0 Å². The van der Waals surface area contributed by atoms with E-state index in [1.165, 1.54) is 0 Å². The molecule has 18 heteroatoms. The predicted octanol–water partition coefficient (Wildman–Crippen LogP) is 8.74. The molecular weight excluding hydrogens is 790 g/mol. The second kappa shape index (κ2) is 8.23. The summed E-state index contributed by atoms with van der Waals surface area (Å²) in [6.07, 6.45) is 0. The van der Waals surface area contributed by atoms with Crippen molar-refractivity contribution in [2.24, 2.45) is 11.8 Å². The van der Waals surface area contributed by atoms with Gasteiger partial charge in [-0.15, -0.1) is 46.4 Å². The maximum Gasteiger partial charge on any atom is 0.337 e. The van der Waals surface area contributed by atoms with Crippen LogP contribution in [-0.2, 0) is 10.1 Å². The summed E-state index contributed by atoms with van der Waals surface area (Å²) < 4.78 is 30.3. The van der Waals surface area contributed by atoms with Crippen molar-refractivity contribution in [3.63, 3.8) is 0 Å². The van der Waals surface area contributed by atoms with Gasteiger partial charge in [-0.1, -0.05) is 92.8 Å². The molecule has 2 fully saturated rings. The Kier molecular flexibility index (Phi) is 6.45.